The van der Waals surface area contributed by atoms with Crippen molar-refractivity contribution in [3.05, 3.63) is 28.5 Å². The van der Waals surface area contributed by atoms with Gasteiger partial charge in [0.1, 0.15) is 0 Å². The Kier molecular flexibility index (Phi) is 3.28. The quantitative estimate of drug-likeness (QED) is 0.902. The molecule has 5 heteroatoms. The fraction of sp³-hybridized carbons (Fsp3) is 0.364. The fourth-order valence-electron chi connectivity index (χ4n) is 1.82. The molecule has 16 heavy (non-hydrogen) atoms. The van der Waals surface area contributed by atoms with Crippen LogP contribution in [0.15, 0.2) is 22.8 Å². The molecule has 2 rings (SSSR count). The van der Waals surface area contributed by atoms with E-state index in [2.05, 4.69) is 20.9 Å². The molecule has 1 unspecified atom stereocenters. The van der Waals surface area contributed by atoms with E-state index < -0.39 is 6.10 Å². The summed E-state index contributed by atoms with van der Waals surface area (Å²) in [5, 5.41) is 9.93. The summed E-state index contributed by atoms with van der Waals surface area (Å²) >= 11 is 3.39. The first-order valence-electron chi connectivity index (χ1n) is 5.12. The van der Waals surface area contributed by atoms with Gasteiger partial charge in [0.05, 0.1) is 17.1 Å². The lowest BCUT2D eigenvalue weighted by Crippen LogP contribution is -2.09. The smallest absolute Gasteiger partial charge is 0.0952 e. The zero-order valence-electron chi connectivity index (χ0n) is 9.02. The summed E-state index contributed by atoms with van der Waals surface area (Å²) in [5.74, 6) is 0. The molecule has 0 spiro atoms. The first kappa shape index (κ1) is 11.6. The first-order chi connectivity index (χ1) is 7.63. The van der Waals surface area contributed by atoms with Crippen molar-refractivity contribution in [3.8, 4) is 0 Å². The topological polar surface area (TPSA) is 64.1 Å². The van der Waals surface area contributed by atoms with Gasteiger partial charge >= 0.3 is 0 Å². The number of aliphatic hydroxyl groups excluding tert-OH is 1. The van der Waals surface area contributed by atoms with Gasteiger partial charge in [-0.2, -0.15) is 0 Å². The van der Waals surface area contributed by atoms with Gasteiger partial charge in [0.15, 0.2) is 0 Å². The van der Waals surface area contributed by atoms with E-state index >= 15 is 0 Å². The van der Waals surface area contributed by atoms with Crippen molar-refractivity contribution >= 4 is 27.0 Å². The molecule has 0 saturated carbocycles. The van der Waals surface area contributed by atoms with Crippen LogP contribution in [0, 0.1) is 0 Å². The molecule has 0 bridgehead atoms. The minimum atomic E-state index is -0.525. The third-order valence-electron chi connectivity index (χ3n) is 2.68. The largest absolute Gasteiger partial charge is 0.387 e. The number of aliphatic hydroxyl groups is 1. The maximum Gasteiger partial charge on any atom is 0.0952 e. The van der Waals surface area contributed by atoms with E-state index in [0.717, 1.165) is 21.2 Å². The van der Waals surface area contributed by atoms with Gasteiger partial charge in [-0.1, -0.05) is 0 Å². The van der Waals surface area contributed by atoms with E-state index in [1.165, 1.54) is 0 Å². The molecule has 0 aliphatic heterocycles. The van der Waals surface area contributed by atoms with Crippen LogP contribution in [-0.2, 0) is 7.05 Å². The fourth-order valence-corrected chi connectivity index (χ4v) is 2.14. The Morgan fingerprint density at radius 2 is 2.31 bits per heavy atom. The Balaban J connectivity index is 2.51. The number of nitrogens with two attached hydrogens (primary N) is 1. The Bertz CT molecular complexity index is 509. The summed E-state index contributed by atoms with van der Waals surface area (Å²) in [6, 6.07) is 3.89. The molecule has 2 aromatic heterocycles. The van der Waals surface area contributed by atoms with Crippen LogP contribution in [0.5, 0.6) is 0 Å². The zero-order valence-corrected chi connectivity index (χ0v) is 10.6. The number of hydrogen-bond acceptors (Lipinski definition) is 3. The van der Waals surface area contributed by atoms with Crippen LogP contribution in [0.1, 0.15) is 18.2 Å². The van der Waals surface area contributed by atoms with Crippen molar-refractivity contribution in [2.45, 2.75) is 12.5 Å². The second-order valence-corrected chi connectivity index (χ2v) is 4.69. The third-order valence-corrected chi connectivity index (χ3v) is 3.11. The number of aryl methyl sites for hydroxylation is 1. The Hall–Kier alpha value is -0.910. The average molecular weight is 284 g/mol. The standard InChI is InChI=1S/C11H14BrN3O/c1-15-9-4-7(12)6-14-8(9)5-10(15)11(16)2-3-13/h4-6,11,16H,2-3,13H2,1H3. The van der Waals surface area contributed by atoms with Crippen LogP contribution >= 0.6 is 15.9 Å². The van der Waals surface area contributed by atoms with Gasteiger partial charge in [0.25, 0.3) is 0 Å². The number of fused-ring (bicyclic) bond motifs is 1. The predicted molar refractivity (Wildman–Crippen MR) is 67.0 cm³/mol. The number of halogens is 1. The van der Waals surface area contributed by atoms with Crippen molar-refractivity contribution in [2.75, 3.05) is 6.54 Å². The van der Waals surface area contributed by atoms with Crippen molar-refractivity contribution in [2.24, 2.45) is 12.8 Å². The SMILES string of the molecule is Cn1c(C(O)CCN)cc2ncc(Br)cc21. The third kappa shape index (κ3) is 1.98. The molecule has 0 aliphatic carbocycles. The summed E-state index contributed by atoms with van der Waals surface area (Å²) in [5.41, 5.74) is 8.18. The monoisotopic (exact) mass is 283 g/mol. The lowest BCUT2D eigenvalue weighted by atomic mass is 10.2. The van der Waals surface area contributed by atoms with E-state index in [4.69, 9.17) is 5.73 Å². The van der Waals surface area contributed by atoms with Crippen LogP contribution in [0.3, 0.4) is 0 Å². The summed E-state index contributed by atoms with van der Waals surface area (Å²) in [4.78, 5) is 4.29. The molecule has 4 nitrogen and oxygen atoms in total. The van der Waals surface area contributed by atoms with Crippen LogP contribution < -0.4 is 5.73 Å². The molecule has 0 amide bonds. The summed E-state index contributed by atoms with van der Waals surface area (Å²) < 4.78 is 2.88. The van der Waals surface area contributed by atoms with Crippen LogP contribution in [-0.4, -0.2) is 21.2 Å². The second-order valence-electron chi connectivity index (χ2n) is 3.78. The molecule has 86 valence electrons. The van der Waals surface area contributed by atoms with Crippen LogP contribution in [0.25, 0.3) is 11.0 Å². The van der Waals surface area contributed by atoms with E-state index in [1.807, 2.05) is 23.7 Å². The summed E-state index contributed by atoms with van der Waals surface area (Å²) in [6.45, 7) is 0.472. The maximum absolute atomic E-state index is 9.93. The molecule has 2 aromatic rings. The van der Waals surface area contributed by atoms with Gasteiger partial charge < -0.3 is 15.4 Å². The summed E-state index contributed by atoms with van der Waals surface area (Å²) in [7, 11) is 1.92. The van der Waals surface area contributed by atoms with E-state index in [1.54, 1.807) is 6.20 Å². The average Bonchev–Trinajstić information content (AvgIpc) is 2.57. The molecule has 0 radical (unpaired) electrons. The van der Waals surface area contributed by atoms with Crippen molar-refractivity contribution in [3.63, 3.8) is 0 Å². The number of aromatic nitrogens is 2. The normalized spacial score (nSPS) is 13.2. The van der Waals surface area contributed by atoms with Crippen molar-refractivity contribution in [1.29, 1.82) is 0 Å². The molecular weight excluding hydrogens is 270 g/mol. The van der Waals surface area contributed by atoms with E-state index in [0.29, 0.717) is 13.0 Å². The van der Waals surface area contributed by atoms with Crippen LogP contribution in [0.2, 0.25) is 0 Å². The molecule has 2 heterocycles. The Morgan fingerprint density at radius 1 is 1.56 bits per heavy atom. The van der Waals surface area contributed by atoms with Gasteiger partial charge in [0, 0.05) is 23.4 Å². The van der Waals surface area contributed by atoms with E-state index in [-0.39, 0.29) is 0 Å². The first-order valence-corrected chi connectivity index (χ1v) is 5.91. The van der Waals surface area contributed by atoms with Gasteiger partial charge in [0.2, 0.25) is 0 Å². The zero-order chi connectivity index (χ0) is 11.7. The highest BCUT2D eigenvalue weighted by Crippen LogP contribution is 2.25. The molecule has 1 atom stereocenters. The minimum Gasteiger partial charge on any atom is -0.387 e. The molecule has 0 saturated heterocycles. The summed E-state index contributed by atoms with van der Waals surface area (Å²) in [6.07, 6.45) is 1.79. The Morgan fingerprint density at radius 3 is 3.00 bits per heavy atom. The number of hydrogen-bond donors (Lipinski definition) is 2. The predicted octanol–water partition coefficient (Wildman–Crippen LogP) is 1.72. The minimum absolute atomic E-state index is 0.472. The van der Waals surface area contributed by atoms with Gasteiger partial charge in [-0.25, -0.2) is 0 Å². The molecule has 0 aromatic carbocycles. The number of pyridine rings is 1. The molecule has 3 N–H and O–H groups in total. The highest BCUT2D eigenvalue weighted by molar-refractivity contribution is 9.10. The van der Waals surface area contributed by atoms with Crippen LogP contribution in [0.4, 0.5) is 0 Å². The lowest BCUT2D eigenvalue weighted by molar-refractivity contribution is 0.162. The van der Waals surface area contributed by atoms with E-state index in [9.17, 15) is 5.11 Å². The van der Waals surface area contributed by atoms with Crippen molar-refractivity contribution in [1.82, 2.24) is 9.55 Å². The highest BCUT2D eigenvalue weighted by Gasteiger charge is 2.14. The Labute approximate surface area is 102 Å². The van der Waals surface area contributed by atoms with Gasteiger partial charge in [-0.3, -0.25) is 4.98 Å². The highest BCUT2D eigenvalue weighted by atomic mass is 79.9. The lowest BCUT2D eigenvalue weighted by Gasteiger charge is -2.10. The molecule has 0 aliphatic rings. The second kappa shape index (κ2) is 4.53. The van der Waals surface area contributed by atoms with Gasteiger partial charge in [-0.05, 0) is 41.0 Å². The van der Waals surface area contributed by atoms with Gasteiger partial charge in [-0.15, -0.1) is 0 Å². The molecular formula is C11H14BrN3O. The molecule has 0 fully saturated rings. The maximum atomic E-state index is 9.93. The number of rotatable bonds is 3. The van der Waals surface area contributed by atoms with Crippen molar-refractivity contribution < 1.29 is 5.11 Å². The number of nitrogens with zero attached hydrogens (tertiary/aromatic N) is 2.